The standard InChI is InChI=1S/C24H24F3N5O3/c1-29-22(35)31-14-23(15-31)21(34)30(11-17-4-2-16(10-28)3-5-17)13-20(33)32(23)12-18-6-8-19(9-7-18)24(25,26)27/h2-9,22,29,35H,11-15H2,1H3. The highest BCUT2D eigenvalue weighted by Crippen LogP contribution is 2.36. The number of hydrogen-bond donors (Lipinski definition) is 2. The fourth-order valence-electron chi connectivity index (χ4n) is 4.51. The van der Waals surface area contributed by atoms with E-state index in [2.05, 4.69) is 5.32 Å². The molecule has 0 bridgehead atoms. The van der Waals surface area contributed by atoms with E-state index in [0.29, 0.717) is 11.1 Å². The van der Waals surface area contributed by atoms with Gasteiger partial charge >= 0.3 is 6.18 Å². The first-order chi connectivity index (χ1) is 16.6. The lowest BCUT2D eigenvalue weighted by Crippen LogP contribution is -2.81. The van der Waals surface area contributed by atoms with E-state index in [1.807, 2.05) is 6.07 Å². The van der Waals surface area contributed by atoms with Gasteiger partial charge in [-0.3, -0.25) is 19.8 Å². The number of piperazine rings is 1. The van der Waals surface area contributed by atoms with Crippen LogP contribution in [0.5, 0.6) is 0 Å². The molecular weight excluding hydrogens is 463 g/mol. The predicted octanol–water partition coefficient (Wildman–Crippen LogP) is 1.50. The molecule has 2 aliphatic rings. The molecular formula is C24H24F3N5O3. The summed E-state index contributed by atoms with van der Waals surface area (Å²) in [5, 5.41) is 21.8. The molecule has 35 heavy (non-hydrogen) atoms. The van der Waals surface area contributed by atoms with Crippen LogP contribution in [0.2, 0.25) is 0 Å². The van der Waals surface area contributed by atoms with E-state index in [4.69, 9.17) is 5.26 Å². The van der Waals surface area contributed by atoms with Crippen LogP contribution in [0, 0.1) is 11.3 Å². The maximum Gasteiger partial charge on any atom is 0.416 e. The van der Waals surface area contributed by atoms with Crippen LogP contribution in [0.15, 0.2) is 48.5 Å². The van der Waals surface area contributed by atoms with E-state index in [0.717, 1.165) is 17.7 Å². The normalized spacial score (nSPS) is 19.0. The number of alkyl halides is 3. The highest BCUT2D eigenvalue weighted by molar-refractivity contribution is 5.99. The van der Waals surface area contributed by atoms with Gasteiger partial charge in [-0.05, 0) is 42.4 Å². The second kappa shape index (κ2) is 9.30. The number of benzene rings is 2. The van der Waals surface area contributed by atoms with Crippen molar-refractivity contribution in [3.8, 4) is 6.07 Å². The number of nitriles is 1. The summed E-state index contributed by atoms with van der Waals surface area (Å²) in [6.07, 6.45) is -5.48. The van der Waals surface area contributed by atoms with E-state index in [1.165, 1.54) is 21.9 Å². The van der Waals surface area contributed by atoms with E-state index in [1.54, 1.807) is 36.2 Å². The minimum Gasteiger partial charge on any atom is -0.365 e. The Labute approximate surface area is 200 Å². The van der Waals surface area contributed by atoms with Gasteiger partial charge in [-0.15, -0.1) is 0 Å². The van der Waals surface area contributed by atoms with E-state index in [-0.39, 0.29) is 44.5 Å². The van der Waals surface area contributed by atoms with Gasteiger partial charge in [0.05, 0.1) is 17.2 Å². The zero-order chi connectivity index (χ0) is 25.4. The highest BCUT2D eigenvalue weighted by atomic mass is 19.4. The van der Waals surface area contributed by atoms with Crippen molar-refractivity contribution >= 4 is 11.8 Å². The molecule has 0 radical (unpaired) electrons. The number of aliphatic hydroxyl groups excluding tert-OH is 1. The van der Waals surface area contributed by atoms with Crippen LogP contribution in [0.25, 0.3) is 0 Å². The average Bonchev–Trinajstić information content (AvgIpc) is 2.81. The zero-order valence-corrected chi connectivity index (χ0v) is 18.9. The molecule has 8 nitrogen and oxygen atoms in total. The number of hydrogen-bond acceptors (Lipinski definition) is 6. The second-order valence-electron chi connectivity index (χ2n) is 8.74. The van der Waals surface area contributed by atoms with Crippen molar-refractivity contribution in [2.45, 2.75) is 31.2 Å². The van der Waals surface area contributed by atoms with Crippen LogP contribution < -0.4 is 5.32 Å². The Bertz CT molecular complexity index is 1140. The molecule has 0 saturated carbocycles. The number of nitrogens with zero attached hydrogens (tertiary/aromatic N) is 4. The molecule has 0 aromatic heterocycles. The van der Waals surface area contributed by atoms with Gasteiger partial charge in [-0.25, -0.2) is 0 Å². The topological polar surface area (TPSA) is 99.9 Å². The third-order valence-electron chi connectivity index (χ3n) is 6.44. The van der Waals surface area contributed by atoms with Gasteiger partial charge in [0.25, 0.3) is 5.91 Å². The minimum absolute atomic E-state index is 0.0308. The Morgan fingerprint density at radius 2 is 1.63 bits per heavy atom. The number of carbonyl (C=O) groups excluding carboxylic acids is 2. The van der Waals surface area contributed by atoms with Gasteiger partial charge in [-0.2, -0.15) is 18.4 Å². The number of likely N-dealkylation sites (tertiary alicyclic amines) is 1. The molecule has 2 aromatic carbocycles. The van der Waals surface area contributed by atoms with Gasteiger partial charge < -0.3 is 14.9 Å². The van der Waals surface area contributed by atoms with Crippen molar-refractivity contribution < 1.29 is 27.9 Å². The summed E-state index contributed by atoms with van der Waals surface area (Å²) < 4.78 is 38.8. The van der Waals surface area contributed by atoms with Crippen LogP contribution in [0.1, 0.15) is 22.3 Å². The van der Waals surface area contributed by atoms with Crippen molar-refractivity contribution in [3.05, 3.63) is 70.8 Å². The summed E-state index contributed by atoms with van der Waals surface area (Å²) in [6.45, 7) is 0.0988. The van der Waals surface area contributed by atoms with Crippen LogP contribution >= 0.6 is 0 Å². The second-order valence-corrected chi connectivity index (χ2v) is 8.74. The summed E-state index contributed by atoms with van der Waals surface area (Å²) in [5.74, 6) is -0.635. The highest BCUT2D eigenvalue weighted by Gasteiger charge is 2.60. The molecule has 2 fully saturated rings. The Hall–Kier alpha value is -3.46. The molecule has 1 unspecified atom stereocenters. The summed E-state index contributed by atoms with van der Waals surface area (Å²) in [6, 6.07) is 13.2. The van der Waals surface area contributed by atoms with E-state index in [9.17, 15) is 27.9 Å². The van der Waals surface area contributed by atoms with Crippen molar-refractivity contribution in [2.75, 3.05) is 26.7 Å². The van der Waals surface area contributed by atoms with Gasteiger partial charge in [0.1, 0.15) is 12.1 Å². The monoisotopic (exact) mass is 487 g/mol. The molecule has 1 atom stereocenters. The number of aliphatic hydroxyl groups is 1. The molecule has 2 heterocycles. The van der Waals surface area contributed by atoms with Gasteiger partial charge in [0.2, 0.25) is 5.91 Å². The lowest BCUT2D eigenvalue weighted by molar-refractivity contribution is -0.193. The first-order valence-corrected chi connectivity index (χ1v) is 10.9. The maximum absolute atomic E-state index is 13.6. The fourth-order valence-corrected chi connectivity index (χ4v) is 4.51. The quantitative estimate of drug-likeness (QED) is 0.600. The van der Waals surface area contributed by atoms with Gasteiger partial charge in [-0.1, -0.05) is 24.3 Å². The number of rotatable bonds is 6. The largest absolute Gasteiger partial charge is 0.416 e. The van der Waals surface area contributed by atoms with Crippen molar-refractivity contribution in [2.24, 2.45) is 0 Å². The minimum atomic E-state index is -4.47. The lowest BCUT2D eigenvalue weighted by atomic mass is 9.83. The van der Waals surface area contributed by atoms with Crippen molar-refractivity contribution in [1.82, 2.24) is 20.0 Å². The molecule has 2 amide bonds. The first kappa shape index (κ1) is 24.7. The molecule has 11 heteroatoms. The third-order valence-corrected chi connectivity index (χ3v) is 6.44. The Kier molecular flexibility index (Phi) is 6.55. The average molecular weight is 487 g/mol. The van der Waals surface area contributed by atoms with Crippen molar-refractivity contribution in [3.63, 3.8) is 0 Å². The third kappa shape index (κ3) is 4.73. The summed E-state index contributed by atoms with van der Waals surface area (Å²) in [7, 11) is 1.56. The number of carbonyl (C=O) groups is 2. The zero-order valence-electron chi connectivity index (χ0n) is 18.9. The van der Waals surface area contributed by atoms with Crippen LogP contribution in [-0.4, -0.2) is 70.2 Å². The number of halogens is 3. The summed E-state index contributed by atoms with van der Waals surface area (Å²) in [4.78, 5) is 31.3. The molecule has 0 aliphatic carbocycles. The molecule has 2 aromatic rings. The smallest absolute Gasteiger partial charge is 0.365 e. The molecule has 2 N–H and O–H groups in total. The predicted molar refractivity (Wildman–Crippen MR) is 118 cm³/mol. The van der Waals surface area contributed by atoms with E-state index >= 15 is 0 Å². The molecule has 4 rings (SSSR count). The fraction of sp³-hybridized carbons (Fsp3) is 0.375. The SMILES string of the molecule is CNC(O)N1CC2(C1)C(=O)N(Cc1ccc(C#N)cc1)CC(=O)N2Cc1ccc(C(F)(F)F)cc1. The molecule has 1 spiro atoms. The van der Waals surface area contributed by atoms with Crippen LogP contribution in [0.4, 0.5) is 13.2 Å². The summed E-state index contributed by atoms with van der Waals surface area (Å²) in [5.41, 5.74) is -0.348. The first-order valence-electron chi connectivity index (χ1n) is 10.9. The Balaban J connectivity index is 1.58. The molecule has 184 valence electrons. The van der Waals surface area contributed by atoms with E-state index < -0.39 is 23.6 Å². The summed E-state index contributed by atoms with van der Waals surface area (Å²) >= 11 is 0. The van der Waals surface area contributed by atoms with Crippen LogP contribution in [-0.2, 0) is 28.9 Å². The number of amides is 2. The maximum atomic E-state index is 13.6. The van der Waals surface area contributed by atoms with Gasteiger partial charge in [0.15, 0.2) is 6.35 Å². The number of nitrogens with one attached hydrogen (secondary N) is 1. The Morgan fingerprint density at radius 3 is 2.17 bits per heavy atom. The molecule has 2 aliphatic heterocycles. The lowest BCUT2D eigenvalue weighted by Gasteiger charge is -2.58. The van der Waals surface area contributed by atoms with Crippen molar-refractivity contribution in [1.29, 1.82) is 5.26 Å². The van der Waals surface area contributed by atoms with Gasteiger partial charge in [0, 0.05) is 26.2 Å². The van der Waals surface area contributed by atoms with Crippen LogP contribution in [0.3, 0.4) is 0 Å². The Morgan fingerprint density at radius 1 is 1.06 bits per heavy atom. The molecule has 2 saturated heterocycles.